The first-order valence-corrected chi connectivity index (χ1v) is 9.67. The van der Waals surface area contributed by atoms with E-state index < -0.39 is 45.9 Å². The zero-order valence-electron chi connectivity index (χ0n) is 13.3. The minimum atomic E-state index is -4.05. The average molecular weight is 381 g/mol. The summed E-state index contributed by atoms with van der Waals surface area (Å²) in [6, 6.07) is 6.12. The molecule has 2 atom stereocenters. The van der Waals surface area contributed by atoms with E-state index >= 15 is 0 Å². The van der Waals surface area contributed by atoms with E-state index in [0.29, 0.717) is 12.1 Å². The smallest absolute Gasteiger partial charge is 0.317 e. The minimum Gasteiger partial charge on any atom is -0.395 e. The van der Waals surface area contributed by atoms with Gasteiger partial charge in [0.1, 0.15) is 0 Å². The van der Waals surface area contributed by atoms with Gasteiger partial charge in [0.25, 0.3) is 0 Å². The largest absolute Gasteiger partial charge is 0.395 e. The topological polar surface area (TPSA) is 57.6 Å². The first-order chi connectivity index (χ1) is 11.6. The molecule has 1 N–H and O–H groups in total. The molecule has 9 heteroatoms. The summed E-state index contributed by atoms with van der Waals surface area (Å²) in [5, 5.41) is 8.35. The van der Waals surface area contributed by atoms with Gasteiger partial charge in [-0.3, -0.25) is 4.90 Å². The van der Waals surface area contributed by atoms with Crippen molar-refractivity contribution in [1.29, 1.82) is 0 Å². The lowest BCUT2D eigenvalue weighted by Crippen LogP contribution is -2.57. The monoisotopic (exact) mass is 381 g/mol. The third-order valence-electron chi connectivity index (χ3n) is 5.01. The van der Waals surface area contributed by atoms with Crippen LogP contribution < -0.4 is 0 Å². The summed E-state index contributed by atoms with van der Waals surface area (Å²) < 4.78 is 76.8. The molecule has 1 heterocycles. The van der Waals surface area contributed by atoms with Crippen molar-refractivity contribution >= 4 is 9.84 Å². The first-order valence-electron chi connectivity index (χ1n) is 7.96. The Hall–Kier alpha value is -1.19. The highest BCUT2D eigenvalue weighted by Gasteiger charge is 2.71. The quantitative estimate of drug-likeness (QED) is 0.811. The first kappa shape index (κ1) is 18.6. The molecule has 25 heavy (non-hydrogen) atoms. The van der Waals surface area contributed by atoms with E-state index in [1.165, 1.54) is 12.1 Å². The van der Waals surface area contributed by atoms with Gasteiger partial charge in [-0.15, -0.1) is 0 Å². The van der Waals surface area contributed by atoms with Crippen molar-refractivity contribution in [2.24, 2.45) is 0 Å². The molecule has 3 rings (SSSR count). The summed E-state index contributed by atoms with van der Waals surface area (Å²) >= 11 is 0. The molecule has 1 aliphatic carbocycles. The van der Waals surface area contributed by atoms with Crippen LogP contribution in [0.1, 0.15) is 23.5 Å². The van der Waals surface area contributed by atoms with E-state index in [2.05, 4.69) is 0 Å². The standard InChI is InChI=1S/C16H19F4NO3S/c17-15(18)7-14(16(15,19)20)12-3-1-2-11(6-12)8-21-4-5-25(23,24)13(9-21)10-22/h1-3,6,13-14,22H,4-5,7-10H2. The fourth-order valence-corrected chi connectivity index (χ4v) is 4.88. The molecule has 0 bridgehead atoms. The van der Waals surface area contributed by atoms with Crippen LogP contribution in [0.3, 0.4) is 0 Å². The third kappa shape index (κ3) is 3.29. The molecule has 4 nitrogen and oxygen atoms in total. The Bertz CT molecular complexity index is 754. The number of halogens is 4. The SMILES string of the molecule is O=S1(=O)CCN(Cc2cccc(C3CC(F)(F)C3(F)F)c2)CC1CO. The second-order valence-electron chi connectivity index (χ2n) is 6.74. The van der Waals surface area contributed by atoms with Crippen LogP contribution in [0.5, 0.6) is 0 Å². The van der Waals surface area contributed by atoms with E-state index in [1.54, 1.807) is 12.1 Å². The van der Waals surface area contributed by atoms with Gasteiger partial charge in [0.05, 0.1) is 23.5 Å². The number of benzene rings is 1. The molecule has 1 saturated heterocycles. The molecule has 0 amide bonds. The lowest BCUT2D eigenvalue weighted by molar-refractivity contribution is -0.290. The molecule has 1 aliphatic heterocycles. The van der Waals surface area contributed by atoms with Crippen LogP contribution in [0, 0.1) is 0 Å². The number of alkyl halides is 4. The number of aliphatic hydroxyl groups is 1. The van der Waals surface area contributed by atoms with E-state index in [1.807, 2.05) is 4.90 Å². The highest BCUT2D eigenvalue weighted by molar-refractivity contribution is 7.92. The maximum Gasteiger partial charge on any atom is 0.317 e. The summed E-state index contributed by atoms with van der Waals surface area (Å²) in [6.45, 7) is 0.276. The van der Waals surface area contributed by atoms with Crippen molar-refractivity contribution in [3.05, 3.63) is 35.4 Å². The Morgan fingerprint density at radius 3 is 2.56 bits per heavy atom. The van der Waals surface area contributed by atoms with Crippen molar-refractivity contribution in [1.82, 2.24) is 4.90 Å². The van der Waals surface area contributed by atoms with Crippen molar-refractivity contribution < 1.29 is 31.1 Å². The minimum absolute atomic E-state index is 0.0785. The van der Waals surface area contributed by atoms with Gasteiger partial charge < -0.3 is 5.11 Å². The molecule has 0 aromatic heterocycles. The van der Waals surface area contributed by atoms with Crippen LogP contribution in [-0.4, -0.2) is 61.0 Å². The number of rotatable bonds is 4. The van der Waals surface area contributed by atoms with Crippen LogP contribution >= 0.6 is 0 Å². The molecule has 2 unspecified atom stereocenters. The highest BCUT2D eigenvalue weighted by Crippen LogP contribution is 2.59. The van der Waals surface area contributed by atoms with Gasteiger partial charge in [-0.25, -0.2) is 8.42 Å². The Morgan fingerprint density at radius 2 is 1.96 bits per heavy atom. The number of nitrogens with zero attached hydrogens (tertiary/aromatic N) is 1. The van der Waals surface area contributed by atoms with E-state index in [0.717, 1.165) is 0 Å². The fraction of sp³-hybridized carbons (Fsp3) is 0.625. The van der Waals surface area contributed by atoms with E-state index in [4.69, 9.17) is 0 Å². The van der Waals surface area contributed by atoms with Gasteiger partial charge in [-0.2, -0.15) is 17.6 Å². The van der Waals surface area contributed by atoms with Gasteiger partial charge in [0.2, 0.25) is 0 Å². The van der Waals surface area contributed by atoms with Crippen LogP contribution in [-0.2, 0) is 16.4 Å². The van der Waals surface area contributed by atoms with Crippen LogP contribution in [0.25, 0.3) is 0 Å². The molecular formula is C16H19F4NO3S. The average Bonchev–Trinajstić information content (AvgIpc) is 2.54. The van der Waals surface area contributed by atoms with E-state index in [-0.39, 0.29) is 24.4 Å². The van der Waals surface area contributed by atoms with Crippen molar-refractivity contribution in [2.45, 2.75) is 36.0 Å². The summed E-state index contributed by atoms with van der Waals surface area (Å²) in [5.41, 5.74) is 0.816. The lowest BCUT2D eigenvalue weighted by atomic mass is 9.72. The summed E-state index contributed by atoms with van der Waals surface area (Å²) in [7, 11) is -3.32. The summed E-state index contributed by atoms with van der Waals surface area (Å²) in [5.74, 6) is -9.60. The number of hydrogen-bond acceptors (Lipinski definition) is 4. The number of hydrogen-bond donors (Lipinski definition) is 1. The second-order valence-corrected chi connectivity index (χ2v) is 9.14. The predicted molar refractivity (Wildman–Crippen MR) is 83.6 cm³/mol. The predicted octanol–water partition coefficient (Wildman–Crippen LogP) is 2.04. The Kier molecular flexibility index (Phi) is 4.62. The molecule has 0 spiro atoms. The molecule has 140 valence electrons. The number of aliphatic hydroxyl groups excluding tert-OH is 1. The van der Waals surface area contributed by atoms with Gasteiger partial charge in [-0.1, -0.05) is 24.3 Å². The van der Waals surface area contributed by atoms with Gasteiger partial charge >= 0.3 is 11.8 Å². The fourth-order valence-electron chi connectivity index (χ4n) is 3.37. The van der Waals surface area contributed by atoms with Crippen molar-refractivity contribution in [3.63, 3.8) is 0 Å². The maximum absolute atomic E-state index is 13.6. The zero-order valence-corrected chi connectivity index (χ0v) is 14.2. The van der Waals surface area contributed by atoms with Crippen LogP contribution in [0.4, 0.5) is 17.6 Å². The molecule has 0 radical (unpaired) electrons. The Balaban J connectivity index is 1.71. The Labute approximate surface area is 143 Å². The van der Waals surface area contributed by atoms with Crippen LogP contribution in [0.15, 0.2) is 24.3 Å². The van der Waals surface area contributed by atoms with Gasteiger partial charge in [-0.05, 0) is 11.1 Å². The summed E-state index contributed by atoms with van der Waals surface area (Å²) in [4.78, 5) is 1.81. The van der Waals surface area contributed by atoms with Crippen molar-refractivity contribution in [3.8, 4) is 0 Å². The maximum atomic E-state index is 13.6. The molecule has 2 fully saturated rings. The Morgan fingerprint density at radius 1 is 1.24 bits per heavy atom. The number of sulfone groups is 1. The normalized spacial score (nSPS) is 30.6. The highest BCUT2D eigenvalue weighted by atomic mass is 32.2. The molecular weight excluding hydrogens is 362 g/mol. The third-order valence-corrected chi connectivity index (χ3v) is 7.08. The molecule has 2 aliphatic rings. The van der Waals surface area contributed by atoms with Crippen molar-refractivity contribution in [2.75, 3.05) is 25.4 Å². The van der Waals surface area contributed by atoms with Crippen LogP contribution in [0.2, 0.25) is 0 Å². The van der Waals surface area contributed by atoms with Gasteiger partial charge in [0.15, 0.2) is 9.84 Å². The summed E-state index contributed by atoms with van der Waals surface area (Å²) in [6.07, 6.45) is -0.877. The second kappa shape index (κ2) is 6.21. The zero-order chi connectivity index (χ0) is 18.5. The molecule has 1 aromatic carbocycles. The molecule has 1 aromatic rings. The van der Waals surface area contributed by atoms with Gasteiger partial charge in [0, 0.05) is 26.1 Å². The molecule has 1 saturated carbocycles. The lowest BCUT2D eigenvalue weighted by Gasteiger charge is -2.44. The van der Waals surface area contributed by atoms with E-state index in [9.17, 15) is 31.1 Å².